The molecule has 3 aliphatic heterocycles. The van der Waals surface area contributed by atoms with Crippen molar-refractivity contribution in [3.63, 3.8) is 0 Å². The summed E-state index contributed by atoms with van der Waals surface area (Å²) < 4.78 is 17.2. The molecule has 3 aromatic carbocycles. The zero-order valence-electron chi connectivity index (χ0n) is 16.9. The van der Waals surface area contributed by atoms with E-state index >= 15 is 0 Å². The van der Waals surface area contributed by atoms with Crippen molar-refractivity contribution in [2.24, 2.45) is 5.10 Å². The quantitative estimate of drug-likeness (QED) is 0.341. The summed E-state index contributed by atoms with van der Waals surface area (Å²) in [6.45, 7) is 0.188. The highest BCUT2D eigenvalue weighted by molar-refractivity contribution is 6.31. The molecule has 2 atom stereocenters. The van der Waals surface area contributed by atoms with E-state index in [1.807, 2.05) is 24.3 Å². The Balaban J connectivity index is 1.46. The van der Waals surface area contributed by atoms with E-state index in [0.717, 1.165) is 16.8 Å². The maximum atomic E-state index is 11.4. The first kappa shape index (κ1) is 20.1. The predicted molar refractivity (Wildman–Crippen MR) is 121 cm³/mol. The number of nitrogens with zero attached hydrogens (tertiary/aromatic N) is 3. The van der Waals surface area contributed by atoms with E-state index in [1.165, 1.54) is 18.2 Å². The third-order valence-corrected chi connectivity index (χ3v) is 6.49. The molecule has 0 fully saturated rings. The number of hydrogen-bond acceptors (Lipinski definition) is 7. The minimum atomic E-state index is -0.748. The zero-order valence-corrected chi connectivity index (χ0v) is 18.4. The van der Waals surface area contributed by atoms with Crippen LogP contribution in [-0.2, 0) is 0 Å². The Hall–Kier alpha value is -3.49. The third-order valence-electron chi connectivity index (χ3n) is 5.91. The average molecular weight is 484 g/mol. The van der Waals surface area contributed by atoms with Gasteiger partial charge < -0.3 is 14.2 Å². The number of benzene rings is 3. The summed E-state index contributed by atoms with van der Waals surface area (Å²) in [6, 6.07) is 15.2. The summed E-state index contributed by atoms with van der Waals surface area (Å²) in [5, 5.41) is 19.0. The summed E-state index contributed by atoms with van der Waals surface area (Å²) in [6.07, 6.45) is -0.165. The zero-order chi connectivity index (χ0) is 22.7. The minimum absolute atomic E-state index is 0.0735. The van der Waals surface area contributed by atoms with Gasteiger partial charge in [0.25, 0.3) is 5.69 Å². The van der Waals surface area contributed by atoms with Gasteiger partial charge in [-0.1, -0.05) is 23.2 Å². The maximum absolute atomic E-state index is 11.4. The molecule has 3 heterocycles. The van der Waals surface area contributed by atoms with Crippen molar-refractivity contribution in [3.8, 4) is 17.2 Å². The molecule has 0 saturated carbocycles. The number of hydrazone groups is 1. The molecule has 166 valence electrons. The van der Waals surface area contributed by atoms with Crippen LogP contribution < -0.4 is 14.2 Å². The van der Waals surface area contributed by atoms with E-state index in [2.05, 4.69) is 0 Å². The molecule has 6 rings (SSSR count). The fourth-order valence-electron chi connectivity index (χ4n) is 4.35. The molecule has 10 heteroatoms. The van der Waals surface area contributed by atoms with Crippen LogP contribution in [0.3, 0.4) is 0 Å². The van der Waals surface area contributed by atoms with Gasteiger partial charge in [0.05, 0.1) is 16.7 Å². The fourth-order valence-corrected chi connectivity index (χ4v) is 4.74. The van der Waals surface area contributed by atoms with Crippen molar-refractivity contribution < 1.29 is 19.1 Å². The maximum Gasteiger partial charge on any atom is 0.270 e. The Kier molecular flexibility index (Phi) is 4.60. The van der Waals surface area contributed by atoms with E-state index in [9.17, 15) is 10.1 Å². The minimum Gasteiger partial charge on any atom is -0.464 e. The van der Waals surface area contributed by atoms with Gasteiger partial charge in [-0.05, 0) is 42.5 Å². The molecule has 8 nitrogen and oxygen atoms in total. The number of rotatable bonds is 3. The largest absolute Gasteiger partial charge is 0.464 e. The molecule has 0 spiro atoms. The van der Waals surface area contributed by atoms with Crippen molar-refractivity contribution in [3.05, 3.63) is 91.4 Å². The molecule has 0 amide bonds. The molecular weight excluding hydrogens is 469 g/mol. The first-order valence-electron chi connectivity index (χ1n) is 10.1. The van der Waals surface area contributed by atoms with Gasteiger partial charge in [0, 0.05) is 45.3 Å². The summed E-state index contributed by atoms with van der Waals surface area (Å²) in [7, 11) is 0. The standard InChI is InChI=1S/C23H15Cl2N3O5/c24-13-2-6-20-16(8-13)19-10-18(12-1-5-21-22(7-12)32-11-31-21)26-27(19)23(33-20)15-9-14(28(29)30)3-4-17(15)25/h1-9,19,23H,10-11H2/t19-,23+/m1/s1. The van der Waals surface area contributed by atoms with Crippen molar-refractivity contribution in [2.45, 2.75) is 18.7 Å². The number of hydrogen-bond donors (Lipinski definition) is 0. The number of nitro benzene ring substituents is 1. The lowest BCUT2D eigenvalue weighted by molar-refractivity contribution is -0.385. The van der Waals surface area contributed by atoms with Crippen LogP contribution >= 0.6 is 23.2 Å². The molecule has 0 aromatic heterocycles. The molecule has 0 bridgehead atoms. The highest BCUT2D eigenvalue weighted by atomic mass is 35.5. The molecule has 0 saturated heterocycles. The lowest BCUT2D eigenvalue weighted by Gasteiger charge is -2.38. The number of nitro groups is 1. The Labute approximate surface area is 198 Å². The molecule has 0 aliphatic carbocycles. The van der Waals surface area contributed by atoms with E-state index in [-0.39, 0.29) is 18.5 Å². The molecule has 0 radical (unpaired) electrons. The van der Waals surface area contributed by atoms with Gasteiger partial charge in [-0.15, -0.1) is 0 Å². The van der Waals surface area contributed by atoms with Crippen molar-refractivity contribution in [1.29, 1.82) is 0 Å². The summed E-state index contributed by atoms with van der Waals surface area (Å²) in [4.78, 5) is 10.9. The monoisotopic (exact) mass is 483 g/mol. The Morgan fingerprint density at radius 2 is 1.79 bits per heavy atom. The van der Waals surface area contributed by atoms with Crippen molar-refractivity contribution in [2.75, 3.05) is 6.79 Å². The average Bonchev–Trinajstić information content (AvgIpc) is 3.46. The Morgan fingerprint density at radius 1 is 0.970 bits per heavy atom. The number of halogens is 2. The van der Waals surface area contributed by atoms with E-state index in [0.29, 0.717) is 39.3 Å². The van der Waals surface area contributed by atoms with Crippen molar-refractivity contribution in [1.82, 2.24) is 5.01 Å². The fraction of sp³-hybridized carbons (Fsp3) is 0.174. The number of ether oxygens (including phenoxy) is 3. The predicted octanol–water partition coefficient (Wildman–Crippen LogP) is 5.87. The third kappa shape index (κ3) is 3.34. The second kappa shape index (κ2) is 7.54. The number of non-ortho nitro benzene ring substituents is 1. The lowest BCUT2D eigenvalue weighted by atomic mass is 9.95. The van der Waals surface area contributed by atoms with Gasteiger partial charge in [0.15, 0.2) is 11.5 Å². The molecule has 0 N–H and O–H groups in total. The van der Waals surface area contributed by atoms with E-state index in [1.54, 1.807) is 17.1 Å². The highest BCUT2D eigenvalue weighted by Gasteiger charge is 2.42. The van der Waals surface area contributed by atoms with Crippen LogP contribution in [0.2, 0.25) is 10.0 Å². The van der Waals surface area contributed by atoms with Crippen LogP contribution in [0.25, 0.3) is 0 Å². The van der Waals surface area contributed by atoms with Crippen molar-refractivity contribution >= 4 is 34.6 Å². The van der Waals surface area contributed by atoms with Crippen LogP contribution in [-0.4, -0.2) is 22.4 Å². The van der Waals surface area contributed by atoms with E-state index in [4.69, 9.17) is 42.5 Å². The topological polar surface area (TPSA) is 86.4 Å². The van der Waals surface area contributed by atoms with Gasteiger partial charge in [-0.3, -0.25) is 10.1 Å². The molecule has 3 aliphatic rings. The molecule has 0 unspecified atom stereocenters. The first-order chi connectivity index (χ1) is 16.0. The van der Waals surface area contributed by atoms with Crippen LogP contribution in [0.1, 0.15) is 35.4 Å². The molecule has 33 heavy (non-hydrogen) atoms. The van der Waals surface area contributed by atoms with Gasteiger partial charge in [-0.2, -0.15) is 5.10 Å². The summed E-state index contributed by atoms with van der Waals surface area (Å²) in [5.74, 6) is 1.99. The summed E-state index contributed by atoms with van der Waals surface area (Å²) in [5.41, 5.74) is 2.99. The highest BCUT2D eigenvalue weighted by Crippen LogP contribution is 2.49. The van der Waals surface area contributed by atoms with Gasteiger partial charge in [0.2, 0.25) is 13.0 Å². The second-order valence-electron chi connectivity index (χ2n) is 7.83. The van der Waals surface area contributed by atoms with Gasteiger partial charge >= 0.3 is 0 Å². The molecular formula is C23H15Cl2N3O5. The van der Waals surface area contributed by atoms with Gasteiger partial charge in [0.1, 0.15) is 5.75 Å². The lowest BCUT2D eigenvalue weighted by Crippen LogP contribution is -2.34. The Bertz CT molecular complexity index is 1350. The smallest absolute Gasteiger partial charge is 0.270 e. The van der Waals surface area contributed by atoms with Crippen LogP contribution in [0, 0.1) is 10.1 Å². The Morgan fingerprint density at radius 3 is 2.64 bits per heavy atom. The molecule has 3 aromatic rings. The van der Waals surface area contributed by atoms with Crippen LogP contribution in [0.15, 0.2) is 59.7 Å². The number of fused-ring (bicyclic) bond motifs is 4. The second-order valence-corrected chi connectivity index (χ2v) is 8.67. The van der Waals surface area contributed by atoms with E-state index < -0.39 is 11.2 Å². The van der Waals surface area contributed by atoms with Crippen LogP contribution in [0.5, 0.6) is 17.2 Å². The normalized spacial score (nSPS) is 20.1. The van der Waals surface area contributed by atoms with Crippen LogP contribution in [0.4, 0.5) is 5.69 Å². The first-order valence-corrected chi connectivity index (χ1v) is 10.9. The van der Waals surface area contributed by atoms with Gasteiger partial charge in [-0.25, -0.2) is 5.01 Å². The summed E-state index contributed by atoms with van der Waals surface area (Å²) >= 11 is 12.7. The SMILES string of the molecule is O=[N+]([O-])c1ccc(Cl)c([C@@H]2Oc3ccc(Cl)cc3[C@H]3CC(c4ccc5c(c4)OCO5)=NN32)c1.